The molecule has 5 nitrogen and oxygen atoms in total. The number of carbonyl (C=O) groups excluding carboxylic acids is 1. The van der Waals surface area contributed by atoms with Gasteiger partial charge >= 0.3 is 5.97 Å². The molecule has 2 rings (SSSR count). The van der Waals surface area contributed by atoms with Crippen molar-refractivity contribution in [1.29, 1.82) is 0 Å². The molecule has 1 fully saturated rings. The molecule has 0 bridgehead atoms. The van der Waals surface area contributed by atoms with Crippen LogP contribution in [-0.4, -0.2) is 22.0 Å². The van der Waals surface area contributed by atoms with Gasteiger partial charge in [0.05, 0.1) is 17.3 Å². The number of aromatic nitrogens is 1. The van der Waals surface area contributed by atoms with Crippen molar-refractivity contribution < 1.29 is 14.7 Å². The van der Waals surface area contributed by atoms with E-state index in [4.69, 9.17) is 5.11 Å². The zero-order chi connectivity index (χ0) is 12.3. The molecule has 0 radical (unpaired) electrons. The molecule has 1 amide bonds. The quantitative estimate of drug-likeness (QED) is 0.812. The highest BCUT2D eigenvalue weighted by molar-refractivity contribution is 5.87. The highest BCUT2D eigenvalue weighted by Gasteiger charge is 2.19. The molecule has 1 atom stereocenters. The van der Waals surface area contributed by atoms with Crippen LogP contribution in [0.25, 0.3) is 0 Å². The summed E-state index contributed by atoms with van der Waals surface area (Å²) in [6.07, 6.45) is 4.64. The Kier molecular flexibility index (Phi) is 3.37. The van der Waals surface area contributed by atoms with Crippen LogP contribution in [0.2, 0.25) is 0 Å². The molecule has 0 aliphatic carbocycles. The second kappa shape index (κ2) is 4.95. The first-order valence-electron chi connectivity index (χ1n) is 5.65. The van der Waals surface area contributed by atoms with Crippen LogP contribution in [0.4, 0.5) is 0 Å². The Morgan fingerprint density at radius 3 is 3.06 bits per heavy atom. The number of carboxylic acid groups (broad SMARTS) is 1. The summed E-state index contributed by atoms with van der Waals surface area (Å²) in [5.74, 6) is -0.969. The van der Waals surface area contributed by atoms with Crippen molar-refractivity contribution >= 4 is 11.9 Å². The fourth-order valence-corrected chi connectivity index (χ4v) is 1.97. The minimum absolute atomic E-state index is 0.00929. The Balaban J connectivity index is 2.23. The van der Waals surface area contributed by atoms with E-state index >= 15 is 0 Å². The molecule has 5 heteroatoms. The molecule has 1 aromatic heterocycles. The lowest BCUT2D eigenvalue weighted by Crippen LogP contribution is -2.26. The van der Waals surface area contributed by atoms with Crippen LogP contribution in [0.15, 0.2) is 18.3 Å². The van der Waals surface area contributed by atoms with Gasteiger partial charge in [0, 0.05) is 12.6 Å². The van der Waals surface area contributed by atoms with E-state index in [9.17, 15) is 9.59 Å². The van der Waals surface area contributed by atoms with Crippen molar-refractivity contribution in [3.8, 4) is 0 Å². The standard InChI is InChI=1S/C12H14N2O3/c15-11-4-2-1-3-9(14-11)10-7-8(12(16)17)5-6-13-10/h5-7,9H,1-4H2,(H,14,15)(H,16,17)/t9-/m1/s1. The fraction of sp³-hybridized carbons (Fsp3) is 0.417. The van der Waals surface area contributed by atoms with Crippen molar-refractivity contribution in [1.82, 2.24) is 10.3 Å². The topological polar surface area (TPSA) is 79.3 Å². The van der Waals surface area contributed by atoms with Crippen molar-refractivity contribution in [3.63, 3.8) is 0 Å². The monoisotopic (exact) mass is 234 g/mol. The van der Waals surface area contributed by atoms with Gasteiger partial charge in [-0.15, -0.1) is 0 Å². The number of hydrogen-bond acceptors (Lipinski definition) is 3. The van der Waals surface area contributed by atoms with E-state index in [2.05, 4.69) is 10.3 Å². The first kappa shape index (κ1) is 11.6. The van der Waals surface area contributed by atoms with Crippen molar-refractivity contribution in [2.24, 2.45) is 0 Å². The summed E-state index contributed by atoms with van der Waals surface area (Å²) >= 11 is 0. The van der Waals surface area contributed by atoms with Crippen molar-refractivity contribution in [2.75, 3.05) is 0 Å². The molecular weight excluding hydrogens is 220 g/mol. The highest BCUT2D eigenvalue weighted by Crippen LogP contribution is 2.22. The van der Waals surface area contributed by atoms with Gasteiger partial charge in [0.2, 0.25) is 5.91 Å². The molecule has 0 spiro atoms. The molecule has 90 valence electrons. The predicted molar refractivity (Wildman–Crippen MR) is 60.5 cm³/mol. The van der Waals surface area contributed by atoms with E-state index in [0.717, 1.165) is 19.3 Å². The van der Waals surface area contributed by atoms with Gasteiger partial charge in [-0.1, -0.05) is 6.42 Å². The first-order chi connectivity index (χ1) is 8.16. The molecule has 2 N–H and O–H groups in total. The molecule has 1 aliphatic heterocycles. The Labute approximate surface area is 98.9 Å². The molecule has 1 aromatic rings. The Bertz CT molecular complexity index is 445. The zero-order valence-electron chi connectivity index (χ0n) is 9.35. The third-order valence-corrected chi connectivity index (χ3v) is 2.87. The number of nitrogens with one attached hydrogen (secondary N) is 1. The number of nitrogens with zero attached hydrogens (tertiary/aromatic N) is 1. The van der Waals surface area contributed by atoms with Crippen LogP contribution in [0.3, 0.4) is 0 Å². The maximum absolute atomic E-state index is 11.4. The summed E-state index contributed by atoms with van der Waals surface area (Å²) in [4.78, 5) is 26.4. The second-order valence-electron chi connectivity index (χ2n) is 4.14. The van der Waals surface area contributed by atoms with Gasteiger partial charge in [-0.2, -0.15) is 0 Å². The predicted octanol–water partition coefficient (Wildman–Crippen LogP) is 1.51. The minimum Gasteiger partial charge on any atom is -0.478 e. The number of amides is 1. The fourth-order valence-electron chi connectivity index (χ4n) is 1.97. The summed E-state index contributed by atoms with van der Waals surface area (Å²) in [5, 5.41) is 11.8. The molecule has 0 aromatic carbocycles. The highest BCUT2D eigenvalue weighted by atomic mass is 16.4. The van der Waals surface area contributed by atoms with Crippen LogP contribution in [0.5, 0.6) is 0 Å². The SMILES string of the molecule is O=C1CCCC[C@H](c2cc(C(=O)O)ccn2)N1. The Morgan fingerprint density at radius 2 is 2.29 bits per heavy atom. The van der Waals surface area contributed by atoms with E-state index in [1.165, 1.54) is 18.3 Å². The lowest BCUT2D eigenvalue weighted by atomic mass is 10.1. The second-order valence-corrected chi connectivity index (χ2v) is 4.14. The lowest BCUT2D eigenvalue weighted by molar-refractivity contribution is -0.121. The van der Waals surface area contributed by atoms with Gasteiger partial charge in [-0.3, -0.25) is 9.78 Å². The largest absolute Gasteiger partial charge is 0.478 e. The zero-order valence-corrected chi connectivity index (χ0v) is 9.35. The average molecular weight is 234 g/mol. The number of carboxylic acids is 1. The van der Waals surface area contributed by atoms with Gasteiger partial charge in [0.25, 0.3) is 0 Å². The molecule has 0 saturated carbocycles. The summed E-state index contributed by atoms with van der Waals surface area (Å²) in [5.41, 5.74) is 0.827. The lowest BCUT2D eigenvalue weighted by Gasteiger charge is -2.15. The van der Waals surface area contributed by atoms with Crippen molar-refractivity contribution in [2.45, 2.75) is 31.7 Å². The van der Waals surface area contributed by atoms with Crippen LogP contribution in [0.1, 0.15) is 47.8 Å². The smallest absolute Gasteiger partial charge is 0.335 e. The molecule has 17 heavy (non-hydrogen) atoms. The van der Waals surface area contributed by atoms with E-state index in [0.29, 0.717) is 12.1 Å². The maximum atomic E-state index is 11.4. The average Bonchev–Trinajstić information content (AvgIpc) is 2.54. The van der Waals surface area contributed by atoms with Crippen LogP contribution in [0, 0.1) is 0 Å². The number of rotatable bonds is 2. The summed E-state index contributed by atoms with van der Waals surface area (Å²) in [6, 6.07) is 2.81. The Morgan fingerprint density at radius 1 is 1.47 bits per heavy atom. The Hall–Kier alpha value is -1.91. The van der Waals surface area contributed by atoms with Gasteiger partial charge in [0.15, 0.2) is 0 Å². The summed E-state index contributed by atoms with van der Waals surface area (Å²) in [7, 11) is 0. The number of carbonyl (C=O) groups is 2. The van der Waals surface area contributed by atoms with Crippen LogP contribution >= 0.6 is 0 Å². The molecule has 0 unspecified atom stereocenters. The van der Waals surface area contributed by atoms with Crippen LogP contribution < -0.4 is 5.32 Å². The van der Waals surface area contributed by atoms with E-state index < -0.39 is 5.97 Å². The normalized spacial score (nSPS) is 20.5. The van der Waals surface area contributed by atoms with Crippen molar-refractivity contribution in [3.05, 3.63) is 29.6 Å². The van der Waals surface area contributed by atoms with E-state index in [1.54, 1.807) is 0 Å². The minimum atomic E-state index is -0.978. The molecular formula is C12H14N2O3. The van der Waals surface area contributed by atoms with E-state index in [1.807, 2.05) is 0 Å². The van der Waals surface area contributed by atoms with Gasteiger partial charge in [-0.05, 0) is 25.0 Å². The van der Waals surface area contributed by atoms with Gasteiger partial charge < -0.3 is 10.4 Å². The number of hydrogen-bond donors (Lipinski definition) is 2. The first-order valence-corrected chi connectivity index (χ1v) is 5.65. The van der Waals surface area contributed by atoms with E-state index in [-0.39, 0.29) is 17.5 Å². The summed E-state index contributed by atoms with van der Waals surface area (Å²) < 4.78 is 0. The third-order valence-electron chi connectivity index (χ3n) is 2.87. The molecule has 2 heterocycles. The third kappa shape index (κ3) is 2.81. The van der Waals surface area contributed by atoms with Gasteiger partial charge in [0.1, 0.15) is 0 Å². The molecule has 1 aliphatic rings. The van der Waals surface area contributed by atoms with Gasteiger partial charge in [-0.25, -0.2) is 4.79 Å². The number of aromatic carboxylic acids is 1. The van der Waals surface area contributed by atoms with Crippen LogP contribution in [-0.2, 0) is 4.79 Å². The summed E-state index contributed by atoms with van der Waals surface area (Å²) in [6.45, 7) is 0. The number of pyridine rings is 1. The maximum Gasteiger partial charge on any atom is 0.335 e. The molecule has 1 saturated heterocycles.